The van der Waals surface area contributed by atoms with E-state index in [0.29, 0.717) is 12.2 Å². The highest BCUT2D eigenvalue weighted by atomic mass is 16.5. The second-order valence-electron chi connectivity index (χ2n) is 4.80. The van der Waals surface area contributed by atoms with Crippen LogP contribution in [0.25, 0.3) is 5.69 Å². The number of carboxylic acid groups (broad SMARTS) is 1. The smallest absolute Gasteiger partial charge is 0.334 e. The van der Waals surface area contributed by atoms with Gasteiger partial charge >= 0.3 is 5.97 Å². The standard InChI is InChI=1S/C14H14N4O4/c19-13(17-6-7-22-12(9-17)14(20)21)11-8-10(2-4-15-11)18-5-1-3-16-18/h1-5,8,12H,6-7,9H2,(H,20,21). The molecule has 0 bridgehead atoms. The van der Waals surface area contributed by atoms with Gasteiger partial charge in [-0.3, -0.25) is 9.78 Å². The zero-order valence-electron chi connectivity index (χ0n) is 11.6. The lowest BCUT2D eigenvalue weighted by atomic mass is 10.2. The molecule has 1 aliphatic heterocycles. The molecule has 114 valence electrons. The van der Waals surface area contributed by atoms with E-state index in [1.54, 1.807) is 35.3 Å². The summed E-state index contributed by atoms with van der Waals surface area (Å²) in [6.45, 7) is 0.555. The Bertz CT molecular complexity index is 686. The molecule has 22 heavy (non-hydrogen) atoms. The number of aliphatic carboxylic acids is 1. The van der Waals surface area contributed by atoms with Crippen molar-refractivity contribution in [2.75, 3.05) is 19.7 Å². The molecule has 1 fully saturated rings. The third-order valence-electron chi connectivity index (χ3n) is 3.36. The number of ether oxygens (including phenoxy) is 1. The van der Waals surface area contributed by atoms with Gasteiger partial charge in [-0.2, -0.15) is 5.10 Å². The Labute approximate surface area is 125 Å². The maximum atomic E-state index is 12.5. The molecule has 0 saturated carbocycles. The van der Waals surface area contributed by atoms with Crippen molar-refractivity contribution in [2.45, 2.75) is 6.10 Å². The summed E-state index contributed by atoms with van der Waals surface area (Å²) in [4.78, 5) is 29.0. The van der Waals surface area contributed by atoms with E-state index in [2.05, 4.69) is 10.1 Å². The summed E-state index contributed by atoms with van der Waals surface area (Å²) in [5.74, 6) is -1.39. The third kappa shape index (κ3) is 2.82. The van der Waals surface area contributed by atoms with Gasteiger partial charge in [-0.05, 0) is 18.2 Å². The molecule has 1 atom stereocenters. The molecule has 8 nitrogen and oxygen atoms in total. The van der Waals surface area contributed by atoms with Crippen LogP contribution in [0.2, 0.25) is 0 Å². The first-order valence-electron chi connectivity index (χ1n) is 6.75. The number of hydrogen-bond acceptors (Lipinski definition) is 5. The fraction of sp³-hybridized carbons (Fsp3) is 0.286. The number of morpholine rings is 1. The average Bonchev–Trinajstić information content (AvgIpc) is 3.09. The molecule has 2 aromatic rings. The highest BCUT2D eigenvalue weighted by molar-refractivity contribution is 5.93. The fourth-order valence-corrected chi connectivity index (χ4v) is 2.25. The summed E-state index contributed by atoms with van der Waals surface area (Å²) in [5.41, 5.74) is 0.963. The van der Waals surface area contributed by atoms with Crippen LogP contribution in [0.1, 0.15) is 10.5 Å². The summed E-state index contributed by atoms with van der Waals surface area (Å²) in [7, 11) is 0. The fourth-order valence-electron chi connectivity index (χ4n) is 2.25. The molecule has 3 rings (SSSR count). The van der Waals surface area contributed by atoms with Crippen molar-refractivity contribution in [2.24, 2.45) is 0 Å². The molecular weight excluding hydrogens is 288 g/mol. The van der Waals surface area contributed by atoms with Crippen molar-refractivity contribution in [3.63, 3.8) is 0 Å². The molecule has 0 aromatic carbocycles. The molecule has 1 saturated heterocycles. The number of rotatable bonds is 3. The van der Waals surface area contributed by atoms with Gasteiger partial charge in [0.1, 0.15) is 5.69 Å². The van der Waals surface area contributed by atoms with Gasteiger partial charge in [0, 0.05) is 25.1 Å². The van der Waals surface area contributed by atoms with Crippen LogP contribution in [-0.2, 0) is 9.53 Å². The van der Waals surface area contributed by atoms with Gasteiger partial charge in [0.25, 0.3) is 5.91 Å². The van der Waals surface area contributed by atoms with Gasteiger partial charge < -0.3 is 14.7 Å². The number of carboxylic acids is 1. The molecule has 1 aliphatic rings. The highest BCUT2D eigenvalue weighted by Gasteiger charge is 2.30. The number of carbonyl (C=O) groups excluding carboxylic acids is 1. The molecule has 2 aromatic heterocycles. The largest absolute Gasteiger partial charge is 0.479 e. The average molecular weight is 302 g/mol. The topological polar surface area (TPSA) is 97.6 Å². The Kier molecular flexibility index (Phi) is 3.84. The van der Waals surface area contributed by atoms with Crippen LogP contribution in [0.15, 0.2) is 36.8 Å². The van der Waals surface area contributed by atoms with Crippen molar-refractivity contribution in [3.05, 3.63) is 42.5 Å². The van der Waals surface area contributed by atoms with E-state index in [1.807, 2.05) is 0 Å². The highest BCUT2D eigenvalue weighted by Crippen LogP contribution is 2.12. The minimum absolute atomic E-state index is 0.0157. The Hall–Kier alpha value is -2.74. The van der Waals surface area contributed by atoms with Crippen molar-refractivity contribution in [3.8, 4) is 5.69 Å². The molecule has 1 amide bonds. The maximum absolute atomic E-state index is 12.5. The zero-order chi connectivity index (χ0) is 15.5. The molecule has 1 unspecified atom stereocenters. The Morgan fingerprint density at radius 2 is 2.23 bits per heavy atom. The van der Waals surface area contributed by atoms with Gasteiger partial charge in [0.15, 0.2) is 6.10 Å². The van der Waals surface area contributed by atoms with Crippen LogP contribution in [0, 0.1) is 0 Å². The zero-order valence-corrected chi connectivity index (χ0v) is 11.6. The van der Waals surface area contributed by atoms with E-state index in [4.69, 9.17) is 9.84 Å². The van der Waals surface area contributed by atoms with Gasteiger partial charge in [0.2, 0.25) is 0 Å². The van der Waals surface area contributed by atoms with Crippen LogP contribution >= 0.6 is 0 Å². The molecule has 0 aliphatic carbocycles. The van der Waals surface area contributed by atoms with Crippen LogP contribution < -0.4 is 0 Å². The van der Waals surface area contributed by atoms with Crippen LogP contribution in [0.5, 0.6) is 0 Å². The third-order valence-corrected chi connectivity index (χ3v) is 3.36. The Balaban J connectivity index is 1.80. The summed E-state index contributed by atoms with van der Waals surface area (Å²) in [5, 5.41) is 13.1. The second kappa shape index (κ2) is 5.94. The molecule has 1 N–H and O–H groups in total. The van der Waals surface area contributed by atoms with Crippen LogP contribution in [0.4, 0.5) is 0 Å². The lowest BCUT2D eigenvalue weighted by Gasteiger charge is -2.30. The predicted molar refractivity (Wildman–Crippen MR) is 74.6 cm³/mol. The molecular formula is C14H14N4O4. The lowest BCUT2D eigenvalue weighted by molar-refractivity contribution is -0.154. The molecule has 0 spiro atoms. The Morgan fingerprint density at radius 1 is 1.36 bits per heavy atom. The van der Waals surface area contributed by atoms with Crippen LogP contribution in [-0.4, -0.2) is 62.4 Å². The minimum atomic E-state index is -1.07. The summed E-state index contributed by atoms with van der Waals surface area (Å²) < 4.78 is 6.73. The minimum Gasteiger partial charge on any atom is -0.479 e. The first-order chi connectivity index (χ1) is 10.6. The number of amides is 1. The number of nitrogens with zero attached hydrogens (tertiary/aromatic N) is 4. The van der Waals surface area contributed by atoms with Crippen LogP contribution in [0.3, 0.4) is 0 Å². The van der Waals surface area contributed by atoms with E-state index >= 15 is 0 Å². The number of aromatic nitrogens is 3. The summed E-state index contributed by atoms with van der Waals surface area (Å²) in [6.07, 6.45) is 3.94. The van der Waals surface area contributed by atoms with E-state index < -0.39 is 12.1 Å². The van der Waals surface area contributed by atoms with Gasteiger partial charge in [-0.1, -0.05) is 0 Å². The normalized spacial score (nSPS) is 18.2. The van der Waals surface area contributed by atoms with Gasteiger partial charge in [-0.25, -0.2) is 9.48 Å². The first-order valence-corrected chi connectivity index (χ1v) is 6.75. The van der Waals surface area contributed by atoms with Crippen molar-refractivity contribution >= 4 is 11.9 Å². The predicted octanol–water partition coefficient (Wildman–Crippen LogP) is 0.193. The quantitative estimate of drug-likeness (QED) is 0.869. The number of carbonyl (C=O) groups is 2. The maximum Gasteiger partial charge on any atom is 0.334 e. The molecule has 8 heteroatoms. The van der Waals surface area contributed by atoms with E-state index in [9.17, 15) is 9.59 Å². The van der Waals surface area contributed by atoms with Crippen molar-refractivity contribution in [1.29, 1.82) is 0 Å². The van der Waals surface area contributed by atoms with E-state index in [0.717, 1.165) is 0 Å². The van der Waals surface area contributed by atoms with Gasteiger partial charge in [0.05, 0.1) is 18.8 Å². The first kappa shape index (κ1) is 14.2. The van der Waals surface area contributed by atoms with Gasteiger partial charge in [-0.15, -0.1) is 0 Å². The summed E-state index contributed by atoms with van der Waals surface area (Å²) in [6, 6.07) is 5.14. The van der Waals surface area contributed by atoms with E-state index in [1.165, 1.54) is 11.1 Å². The Morgan fingerprint density at radius 3 is 2.95 bits per heavy atom. The lowest BCUT2D eigenvalue weighted by Crippen LogP contribution is -2.48. The van der Waals surface area contributed by atoms with E-state index in [-0.39, 0.29) is 24.8 Å². The van der Waals surface area contributed by atoms with Crippen molar-refractivity contribution in [1.82, 2.24) is 19.7 Å². The molecule has 3 heterocycles. The SMILES string of the molecule is O=C(O)C1CN(C(=O)c2cc(-n3cccn3)ccn2)CCO1. The number of hydrogen-bond donors (Lipinski definition) is 1. The second-order valence-corrected chi connectivity index (χ2v) is 4.80. The monoisotopic (exact) mass is 302 g/mol. The summed E-state index contributed by atoms with van der Waals surface area (Å²) >= 11 is 0. The van der Waals surface area contributed by atoms with Crippen molar-refractivity contribution < 1.29 is 19.4 Å². The number of pyridine rings is 1. The molecule has 0 radical (unpaired) electrons.